The molecule has 1 rings (SSSR count). The maximum atomic E-state index is 11.8. The van der Waals surface area contributed by atoms with Gasteiger partial charge in [0.2, 0.25) is 5.91 Å². The number of likely N-dealkylation sites (tertiary alicyclic amines) is 1. The van der Waals surface area contributed by atoms with E-state index in [2.05, 4.69) is 11.2 Å². The molecule has 1 fully saturated rings. The number of amides is 1. The number of carbonyl (C=O) groups is 2. The highest BCUT2D eigenvalue weighted by atomic mass is 16.4. The number of carboxylic acid groups (broad SMARTS) is 1. The van der Waals surface area contributed by atoms with Crippen LogP contribution in [0.15, 0.2) is 0 Å². The maximum Gasteiger partial charge on any atom is 0.321 e. The van der Waals surface area contributed by atoms with Crippen molar-refractivity contribution in [3.05, 3.63) is 0 Å². The Kier molecular flexibility index (Phi) is 5.17. The summed E-state index contributed by atoms with van der Waals surface area (Å²) in [6, 6.07) is -1.06. The highest BCUT2D eigenvalue weighted by Gasteiger charge is 2.38. The summed E-state index contributed by atoms with van der Waals surface area (Å²) in [7, 11) is 0. The molecule has 0 aromatic heterocycles. The monoisotopic (exact) mass is 252 g/mol. The molecule has 3 unspecified atom stereocenters. The van der Waals surface area contributed by atoms with Gasteiger partial charge in [0.25, 0.3) is 0 Å². The van der Waals surface area contributed by atoms with Crippen LogP contribution in [0.1, 0.15) is 26.7 Å². The normalized spacial score (nSPS) is 26.1. The van der Waals surface area contributed by atoms with E-state index in [9.17, 15) is 14.7 Å². The van der Waals surface area contributed by atoms with Crippen molar-refractivity contribution in [3.8, 4) is 12.3 Å². The second kappa shape index (κ2) is 6.41. The van der Waals surface area contributed by atoms with Gasteiger partial charge in [-0.2, -0.15) is 0 Å². The van der Waals surface area contributed by atoms with Gasteiger partial charge in [-0.15, -0.1) is 6.42 Å². The van der Waals surface area contributed by atoms with E-state index in [1.54, 1.807) is 11.8 Å². The molecule has 1 aliphatic heterocycles. The SMILES string of the molecule is C#CCNC(=O)C(C)N1CCCC(C)C1C(=O)O. The summed E-state index contributed by atoms with van der Waals surface area (Å²) < 4.78 is 0. The topological polar surface area (TPSA) is 69.6 Å². The third-order valence-corrected chi connectivity index (χ3v) is 3.47. The van der Waals surface area contributed by atoms with Gasteiger partial charge in [-0.1, -0.05) is 12.8 Å². The van der Waals surface area contributed by atoms with Gasteiger partial charge in [0.1, 0.15) is 6.04 Å². The van der Waals surface area contributed by atoms with E-state index in [0.717, 1.165) is 12.8 Å². The number of hydrogen-bond acceptors (Lipinski definition) is 3. The van der Waals surface area contributed by atoms with E-state index in [1.165, 1.54) is 0 Å². The molecule has 18 heavy (non-hydrogen) atoms. The van der Waals surface area contributed by atoms with Crippen LogP contribution >= 0.6 is 0 Å². The smallest absolute Gasteiger partial charge is 0.321 e. The average molecular weight is 252 g/mol. The zero-order chi connectivity index (χ0) is 13.7. The number of terminal acetylenes is 1. The molecule has 0 aliphatic carbocycles. The fraction of sp³-hybridized carbons (Fsp3) is 0.692. The van der Waals surface area contributed by atoms with Crippen molar-refractivity contribution >= 4 is 11.9 Å². The van der Waals surface area contributed by atoms with Crippen molar-refractivity contribution in [2.45, 2.75) is 38.8 Å². The number of hydrogen-bond donors (Lipinski definition) is 2. The fourth-order valence-electron chi connectivity index (χ4n) is 2.48. The number of carbonyl (C=O) groups excluding carboxylic acids is 1. The van der Waals surface area contributed by atoms with Crippen molar-refractivity contribution < 1.29 is 14.7 Å². The lowest BCUT2D eigenvalue weighted by Gasteiger charge is -2.40. The van der Waals surface area contributed by atoms with Crippen LogP contribution in [0.2, 0.25) is 0 Å². The largest absolute Gasteiger partial charge is 0.480 e. The summed E-state index contributed by atoms with van der Waals surface area (Å²) in [6.07, 6.45) is 6.88. The third-order valence-electron chi connectivity index (χ3n) is 3.47. The van der Waals surface area contributed by atoms with Crippen LogP contribution in [0.25, 0.3) is 0 Å². The number of rotatable bonds is 4. The molecule has 1 saturated heterocycles. The first kappa shape index (κ1) is 14.5. The second-order valence-electron chi connectivity index (χ2n) is 4.74. The molecule has 1 heterocycles. The van der Waals surface area contributed by atoms with Crippen LogP contribution in [0, 0.1) is 18.3 Å². The number of carboxylic acids is 1. The molecule has 0 aromatic carbocycles. The van der Waals surface area contributed by atoms with Crippen molar-refractivity contribution in [2.75, 3.05) is 13.1 Å². The van der Waals surface area contributed by atoms with E-state index < -0.39 is 18.1 Å². The molecule has 5 heteroatoms. The molecule has 0 saturated carbocycles. The highest BCUT2D eigenvalue weighted by molar-refractivity contribution is 5.83. The fourth-order valence-corrected chi connectivity index (χ4v) is 2.48. The Labute approximate surface area is 108 Å². The molecule has 1 amide bonds. The van der Waals surface area contributed by atoms with Gasteiger partial charge < -0.3 is 10.4 Å². The van der Waals surface area contributed by atoms with Crippen molar-refractivity contribution in [1.82, 2.24) is 10.2 Å². The minimum atomic E-state index is -0.862. The van der Waals surface area contributed by atoms with Gasteiger partial charge in [0.15, 0.2) is 0 Å². The van der Waals surface area contributed by atoms with Gasteiger partial charge in [0.05, 0.1) is 12.6 Å². The number of nitrogens with zero attached hydrogens (tertiary/aromatic N) is 1. The predicted octanol–water partition coefficient (Wildman–Crippen LogP) is 0.309. The van der Waals surface area contributed by atoms with Crippen molar-refractivity contribution in [2.24, 2.45) is 5.92 Å². The van der Waals surface area contributed by atoms with Gasteiger partial charge in [-0.25, -0.2) is 0 Å². The van der Waals surface area contributed by atoms with Crippen LogP contribution in [0.3, 0.4) is 0 Å². The molecule has 3 atom stereocenters. The second-order valence-corrected chi connectivity index (χ2v) is 4.74. The first-order valence-corrected chi connectivity index (χ1v) is 6.18. The summed E-state index contributed by atoms with van der Waals surface area (Å²) in [5.41, 5.74) is 0. The summed E-state index contributed by atoms with van der Waals surface area (Å²) in [6.45, 7) is 4.44. The van der Waals surface area contributed by atoms with E-state index >= 15 is 0 Å². The Balaban J connectivity index is 2.75. The lowest BCUT2D eigenvalue weighted by Crippen LogP contribution is -2.57. The predicted molar refractivity (Wildman–Crippen MR) is 67.8 cm³/mol. The van der Waals surface area contributed by atoms with Gasteiger partial charge in [-0.05, 0) is 32.2 Å². The first-order valence-electron chi connectivity index (χ1n) is 6.18. The summed E-state index contributed by atoms with van der Waals surface area (Å²) in [5.74, 6) is 1.31. The van der Waals surface area contributed by atoms with Crippen LogP contribution < -0.4 is 5.32 Å². The first-order chi connectivity index (χ1) is 8.49. The summed E-state index contributed by atoms with van der Waals surface area (Å²) >= 11 is 0. The molecule has 0 bridgehead atoms. The Morgan fingerprint density at radius 3 is 2.83 bits per heavy atom. The number of aliphatic carboxylic acids is 1. The maximum absolute atomic E-state index is 11.8. The quantitative estimate of drug-likeness (QED) is 0.707. The molecule has 0 radical (unpaired) electrons. The van der Waals surface area contributed by atoms with Crippen LogP contribution in [0.4, 0.5) is 0 Å². The van der Waals surface area contributed by atoms with E-state index in [1.807, 2.05) is 6.92 Å². The van der Waals surface area contributed by atoms with E-state index in [-0.39, 0.29) is 18.4 Å². The molecule has 2 N–H and O–H groups in total. The van der Waals surface area contributed by atoms with Crippen molar-refractivity contribution in [3.63, 3.8) is 0 Å². The molecule has 100 valence electrons. The van der Waals surface area contributed by atoms with Gasteiger partial charge in [-0.3, -0.25) is 14.5 Å². The Morgan fingerprint density at radius 1 is 1.61 bits per heavy atom. The molecule has 0 spiro atoms. The molecule has 5 nitrogen and oxygen atoms in total. The van der Waals surface area contributed by atoms with Crippen LogP contribution in [-0.2, 0) is 9.59 Å². The van der Waals surface area contributed by atoms with Gasteiger partial charge >= 0.3 is 5.97 Å². The third kappa shape index (κ3) is 3.23. The minimum absolute atomic E-state index is 0.0548. The standard InChI is InChI=1S/C13H20N2O3/c1-4-7-14-12(16)10(3)15-8-5-6-9(2)11(15)13(17)18/h1,9-11H,5-8H2,2-3H3,(H,14,16)(H,17,18). The van der Waals surface area contributed by atoms with E-state index in [0.29, 0.717) is 6.54 Å². The lowest BCUT2D eigenvalue weighted by atomic mass is 9.89. The number of nitrogens with one attached hydrogen (secondary N) is 1. The number of piperidine rings is 1. The molecular weight excluding hydrogens is 232 g/mol. The molecule has 0 aromatic rings. The zero-order valence-corrected chi connectivity index (χ0v) is 10.8. The highest BCUT2D eigenvalue weighted by Crippen LogP contribution is 2.25. The molecule has 1 aliphatic rings. The summed E-state index contributed by atoms with van der Waals surface area (Å²) in [5, 5.41) is 11.9. The minimum Gasteiger partial charge on any atom is -0.480 e. The zero-order valence-electron chi connectivity index (χ0n) is 10.8. The summed E-state index contributed by atoms with van der Waals surface area (Å²) in [4.78, 5) is 24.9. The lowest BCUT2D eigenvalue weighted by molar-refractivity contribution is -0.149. The Morgan fingerprint density at radius 2 is 2.28 bits per heavy atom. The molecular formula is C13H20N2O3. The average Bonchev–Trinajstić information content (AvgIpc) is 2.34. The van der Waals surface area contributed by atoms with Gasteiger partial charge in [0, 0.05) is 0 Å². The van der Waals surface area contributed by atoms with Crippen LogP contribution in [0.5, 0.6) is 0 Å². The van der Waals surface area contributed by atoms with Crippen molar-refractivity contribution in [1.29, 1.82) is 0 Å². The Hall–Kier alpha value is -1.54. The van der Waals surface area contributed by atoms with E-state index in [4.69, 9.17) is 6.42 Å². The Bertz CT molecular complexity index is 362. The van der Waals surface area contributed by atoms with Crippen LogP contribution in [-0.4, -0.2) is 47.1 Å².